The Hall–Kier alpha value is -2.09. The number of hydrogen-bond acceptors (Lipinski definition) is 1. The van der Waals surface area contributed by atoms with Gasteiger partial charge in [0.25, 0.3) is 0 Å². The second-order valence-corrected chi connectivity index (χ2v) is 7.88. The molecule has 0 unspecified atom stereocenters. The monoisotopic (exact) mass is 361 g/mol. The first-order valence-electron chi connectivity index (χ1n) is 9.22. The fourth-order valence-corrected chi connectivity index (χ4v) is 4.21. The van der Waals surface area contributed by atoms with Crippen LogP contribution in [0.25, 0.3) is 11.1 Å². The Morgan fingerprint density at radius 2 is 1.62 bits per heavy atom. The number of halogens is 1. The molecule has 0 radical (unpaired) electrons. The molecule has 0 bridgehead atoms. The summed E-state index contributed by atoms with van der Waals surface area (Å²) in [5.74, 6) is 0.444. The number of rotatable bonds is 3. The molecule has 0 saturated carbocycles. The number of benzene rings is 3. The molecule has 0 saturated heterocycles. The summed E-state index contributed by atoms with van der Waals surface area (Å²) in [5.41, 5.74) is 6.84. The van der Waals surface area contributed by atoms with Crippen LogP contribution in [0.5, 0.6) is 0 Å². The van der Waals surface area contributed by atoms with E-state index in [1.807, 2.05) is 12.1 Å². The first-order valence-corrected chi connectivity index (χ1v) is 9.60. The molecule has 0 heterocycles. The van der Waals surface area contributed by atoms with Gasteiger partial charge in [0.1, 0.15) is 0 Å². The van der Waals surface area contributed by atoms with Gasteiger partial charge in [0.15, 0.2) is 0 Å². The Kier molecular flexibility index (Phi) is 4.84. The van der Waals surface area contributed by atoms with Gasteiger partial charge in [0.05, 0.1) is 0 Å². The Bertz CT molecular complexity index is 898. The average molecular weight is 362 g/mol. The smallest absolute Gasteiger partial charge is 0.0406 e. The summed E-state index contributed by atoms with van der Waals surface area (Å²) < 4.78 is 0. The molecule has 3 aromatic rings. The molecule has 0 fully saturated rings. The van der Waals surface area contributed by atoms with Crippen LogP contribution in [0.3, 0.4) is 0 Å². The van der Waals surface area contributed by atoms with E-state index in [9.17, 15) is 0 Å². The lowest BCUT2D eigenvalue weighted by atomic mass is 9.76. The van der Waals surface area contributed by atoms with Crippen molar-refractivity contribution in [3.05, 3.63) is 94.5 Å². The van der Waals surface area contributed by atoms with Crippen LogP contribution in [0.1, 0.15) is 29.0 Å². The molecule has 4 rings (SSSR count). The van der Waals surface area contributed by atoms with Crippen LogP contribution >= 0.6 is 11.6 Å². The van der Waals surface area contributed by atoms with Crippen molar-refractivity contribution >= 4 is 11.6 Å². The van der Waals surface area contributed by atoms with E-state index in [0.29, 0.717) is 12.0 Å². The van der Waals surface area contributed by atoms with Gasteiger partial charge >= 0.3 is 0 Å². The standard InChI is InChI=1S/C24H24ClN/c1-26(2)22-15-20-6-3-4-9-23(20)24(16-22)19-8-5-7-18(14-19)17-10-12-21(25)13-11-17/h3-14,22,24H,15-16H2,1-2H3/t22-,24+/m1/s1. The van der Waals surface area contributed by atoms with Crippen LogP contribution < -0.4 is 0 Å². The van der Waals surface area contributed by atoms with Gasteiger partial charge in [-0.25, -0.2) is 0 Å². The second-order valence-electron chi connectivity index (χ2n) is 7.44. The summed E-state index contributed by atoms with van der Waals surface area (Å²) >= 11 is 6.05. The molecule has 0 N–H and O–H groups in total. The van der Waals surface area contributed by atoms with E-state index in [4.69, 9.17) is 11.6 Å². The van der Waals surface area contributed by atoms with Crippen LogP contribution in [0.2, 0.25) is 5.02 Å². The van der Waals surface area contributed by atoms with Gasteiger partial charge in [-0.1, -0.05) is 72.3 Å². The Balaban J connectivity index is 1.74. The highest BCUT2D eigenvalue weighted by Crippen LogP contribution is 2.39. The zero-order valence-corrected chi connectivity index (χ0v) is 16.1. The van der Waals surface area contributed by atoms with Gasteiger partial charge in [0, 0.05) is 17.0 Å². The lowest BCUT2D eigenvalue weighted by Gasteiger charge is -2.35. The summed E-state index contributed by atoms with van der Waals surface area (Å²) in [5, 5.41) is 0.778. The molecule has 2 heteroatoms. The van der Waals surface area contributed by atoms with E-state index in [1.165, 1.54) is 27.8 Å². The first kappa shape index (κ1) is 17.3. The molecule has 0 aliphatic heterocycles. The minimum absolute atomic E-state index is 0.444. The van der Waals surface area contributed by atoms with Crippen molar-refractivity contribution in [3.63, 3.8) is 0 Å². The maximum absolute atomic E-state index is 6.05. The van der Waals surface area contributed by atoms with Crippen LogP contribution in [0, 0.1) is 0 Å². The van der Waals surface area contributed by atoms with Gasteiger partial charge in [-0.3, -0.25) is 0 Å². The molecule has 2 atom stereocenters. The van der Waals surface area contributed by atoms with E-state index in [0.717, 1.165) is 17.9 Å². The quantitative estimate of drug-likeness (QED) is 0.551. The molecule has 132 valence electrons. The normalized spacial score (nSPS) is 19.4. The third kappa shape index (κ3) is 3.42. The van der Waals surface area contributed by atoms with E-state index in [1.54, 1.807) is 0 Å². The SMILES string of the molecule is CN(C)[C@@H]1Cc2ccccc2[C@H](c2cccc(-c3ccc(Cl)cc3)c2)C1. The van der Waals surface area contributed by atoms with Crippen molar-refractivity contribution in [2.75, 3.05) is 14.1 Å². The topological polar surface area (TPSA) is 3.24 Å². The van der Waals surface area contributed by atoms with Crippen LogP contribution in [0.4, 0.5) is 0 Å². The second kappa shape index (κ2) is 7.26. The summed E-state index contributed by atoms with van der Waals surface area (Å²) in [6.07, 6.45) is 2.30. The molecular formula is C24H24ClN. The fourth-order valence-electron chi connectivity index (χ4n) is 4.08. The van der Waals surface area contributed by atoms with Crippen molar-refractivity contribution in [1.82, 2.24) is 4.90 Å². The number of likely N-dealkylation sites (N-methyl/N-ethyl adjacent to an activating group) is 1. The fraction of sp³-hybridized carbons (Fsp3) is 0.250. The molecule has 1 aliphatic rings. The number of fused-ring (bicyclic) bond motifs is 1. The minimum Gasteiger partial charge on any atom is -0.306 e. The molecule has 0 aromatic heterocycles. The van der Waals surface area contributed by atoms with Gasteiger partial charge in [-0.15, -0.1) is 0 Å². The maximum atomic E-state index is 6.05. The molecule has 1 nitrogen and oxygen atoms in total. The Morgan fingerprint density at radius 3 is 2.38 bits per heavy atom. The van der Waals surface area contributed by atoms with Gasteiger partial charge in [0.2, 0.25) is 0 Å². The summed E-state index contributed by atoms with van der Waals surface area (Å²) in [4.78, 5) is 2.37. The molecule has 3 aromatic carbocycles. The number of hydrogen-bond donors (Lipinski definition) is 0. The molecule has 26 heavy (non-hydrogen) atoms. The highest BCUT2D eigenvalue weighted by Gasteiger charge is 2.29. The molecular weight excluding hydrogens is 338 g/mol. The summed E-state index contributed by atoms with van der Waals surface area (Å²) in [7, 11) is 4.39. The van der Waals surface area contributed by atoms with Gasteiger partial charge < -0.3 is 4.90 Å². The third-order valence-electron chi connectivity index (χ3n) is 5.59. The summed E-state index contributed by atoms with van der Waals surface area (Å²) in [6.45, 7) is 0. The van der Waals surface area contributed by atoms with Crippen molar-refractivity contribution in [1.29, 1.82) is 0 Å². The van der Waals surface area contributed by atoms with Crippen molar-refractivity contribution in [3.8, 4) is 11.1 Å². The average Bonchev–Trinajstić information content (AvgIpc) is 2.67. The first-order chi connectivity index (χ1) is 12.6. The highest BCUT2D eigenvalue weighted by molar-refractivity contribution is 6.30. The van der Waals surface area contributed by atoms with Gasteiger partial charge in [-0.05, 0) is 66.9 Å². The lowest BCUT2D eigenvalue weighted by molar-refractivity contribution is 0.258. The highest BCUT2D eigenvalue weighted by atomic mass is 35.5. The summed E-state index contributed by atoms with van der Waals surface area (Å²) in [6, 6.07) is 26.6. The molecule has 1 aliphatic carbocycles. The number of nitrogens with zero attached hydrogens (tertiary/aromatic N) is 1. The lowest BCUT2D eigenvalue weighted by Crippen LogP contribution is -2.35. The maximum Gasteiger partial charge on any atom is 0.0406 e. The Labute approximate surface area is 161 Å². The van der Waals surface area contributed by atoms with Crippen LogP contribution in [-0.2, 0) is 6.42 Å². The van der Waals surface area contributed by atoms with E-state index >= 15 is 0 Å². The largest absolute Gasteiger partial charge is 0.306 e. The van der Waals surface area contributed by atoms with Gasteiger partial charge in [-0.2, -0.15) is 0 Å². The van der Waals surface area contributed by atoms with Crippen molar-refractivity contribution in [2.24, 2.45) is 0 Å². The van der Waals surface area contributed by atoms with Crippen LogP contribution in [-0.4, -0.2) is 25.0 Å². The zero-order chi connectivity index (χ0) is 18.1. The third-order valence-corrected chi connectivity index (χ3v) is 5.84. The van der Waals surface area contributed by atoms with Crippen molar-refractivity contribution in [2.45, 2.75) is 24.8 Å². The predicted octanol–water partition coefficient (Wildman–Crippen LogP) is 6.02. The zero-order valence-electron chi connectivity index (χ0n) is 15.3. The minimum atomic E-state index is 0.444. The van der Waals surface area contributed by atoms with E-state index in [-0.39, 0.29) is 0 Å². The Morgan fingerprint density at radius 1 is 0.846 bits per heavy atom. The molecule has 0 spiro atoms. The van der Waals surface area contributed by atoms with E-state index in [2.05, 4.69) is 79.7 Å². The van der Waals surface area contributed by atoms with Crippen molar-refractivity contribution < 1.29 is 0 Å². The van der Waals surface area contributed by atoms with E-state index < -0.39 is 0 Å². The molecule has 0 amide bonds. The van der Waals surface area contributed by atoms with Crippen LogP contribution in [0.15, 0.2) is 72.8 Å². The predicted molar refractivity (Wildman–Crippen MR) is 111 cm³/mol.